The molecule has 1 aromatic carbocycles. The number of nitrogens with zero attached hydrogens (tertiary/aromatic N) is 2. The Morgan fingerprint density at radius 2 is 2.04 bits per heavy atom. The maximum absolute atomic E-state index is 12.8. The molecule has 0 saturated heterocycles. The van der Waals surface area contributed by atoms with Crippen LogP contribution in [0.15, 0.2) is 29.3 Å². The van der Waals surface area contributed by atoms with E-state index in [2.05, 4.69) is 4.99 Å². The monoisotopic (exact) mass is 384 g/mol. The number of carbonyl (C=O) groups is 2. The van der Waals surface area contributed by atoms with Crippen LogP contribution in [0.4, 0.5) is 13.2 Å². The molecule has 1 aliphatic carbocycles. The molecule has 5 nitrogen and oxygen atoms in total. The Kier molecular flexibility index (Phi) is 4.74. The third kappa shape index (κ3) is 3.87. The highest BCUT2D eigenvalue weighted by atomic mass is 32.1. The first kappa shape index (κ1) is 18.4. The number of thiazole rings is 1. The lowest BCUT2D eigenvalue weighted by Crippen LogP contribution is -2.19. The average Bonchev–Trinajstić information content (AvgIpc) is 3.33. The summed E-state index contributed by atoms with van der Waals surface area (Å²) in [5, 5.41) is 9.28. The first-order valence-electron chi connectivity index (χ1n) is 7.86. The Labute approximate surface area is 150 Å². The second kappa shape index (κ2) is 6.71. The number of carboxylic acid groups (broad SMARTS) is 1. The van der Waals surface area contributed by atoms with Crippen molar-refractivity contribution in [3.63, 3.8) is 0 Å². The molecule has 26 heavy (non-hydrogen) atoms. The predicted molar refractivity (Wildman–Crippen MR) is 88.1 cm³/mol. The van der Waals surface area contributed by atoms with Crippen LogP contribution < -0.4 is 4.80 Å². The molecule has 1 aromatic heterocycles. The highest BCUT2D eigenvalue weighted by Gasteiger charge is 2.31. The zero-order chi connectivity index (χ0) is 19.1. The van der Waals surface area contributed by atoms with Gasteiger partial charge in [0.15, 0.2) is 4.80 Å². The first-order chi connectivity index (χ1) is 12.2. The fraction of sp³-hybridized carbons (Fsp3) is 0.353. The van der Waals surface area contributed by atoms with Crippen molar-refractivity contribution in [1.29, 1.82) is 0 Å². The number of benzene rings is 1. The second-order valence-electron chi connectivity index (χ2n) is 6.15. The number of carboxylic acids is 1. The molecule has 0 unspecified atom stereocenters. The molecule has 1 aliphatic rings. The zero-order valence-electron chi connectivity index (χ0n) is 13.7. The van der Waals surface area contributed by atoms with Gasteiger partial charge in [-0.25, -0.2) is 4.79 Å². The average molecular weight is 384 g/mol. The van der Waals surface area contributed by atoms with E-state index in [9.17, 15) is 27.9 Å². The highest BCUT2D eigenvalue weighted by Crippen LogP contribution is 2.31. The third-order valence-electron chi connectivity index (χ3n) is 4.12. The SMILES string of the molecule is Cc1c(C(=O)O)s/c(=N\C(=O)c2cccc(C(F)(F)F)c2)n1CC1CC1. The number of aromatic carboxylic acids is 1. The molecule has 0 bridgehead atoms. The summed E-state index contributed by atoms with van der Waals surface area (Å²) in [7, 11) is 0. The van der Waals surface area contributed by atoms with E-state index in [4.69, 9.17) is 0 Å². The fourth-order valence-electron chi connectivity index (χ4n) is 2.52. The molecule has 0 aliphatic heterocycles. The van der Waals surface area contributed by atoms with Crippen molar-refractivity contribution in [3.8, 4) is 0 Å². The fourth-order valence-corrected chi connectivity index (χ4v) is 3.50. The highest BCUT2D eigenvalue weighted by molar-refractivity contribution is 7.11. The van der Waals surface area contributed by atoms with Gasteiger partial charge in [-0.3, -0.25) is 4.79 Å². The quantitative estimate of drug-likeness (QED) is 0.873. The van der Waals surface area contributed by atoms with E-state index in [1.165, 1.54) is 6.07 Å². The number of hydrogen-bond donors (Lipinski definition) is 1. The Balaban J connectivity index is 2.02. The Hall–Kier alpha value is -2.42. The van der Waals surface area contributed by atoms with Crippen LogP contribution in [0.1, 0.15) is 44.1 Å². The summed E-state index contributed by atoms with van der Waals surface area (Å²) in [6, 6.07) is 4.02. The molecule has 1 N–H and O–H groups in total. The van der Waals surface area contributed by atoms with Gasteiger partial charge in [-0.05, 0) is 43.9 Å². The molecule has 2 aromatic rings. The lowest BCUT2D eigenvalue weighted by Gasteiger charge is -2.07. The minimum atomic E-state index is -4.56. The zero-order valence-corrected chi connectivity index (χ0v) is 14.5. The summed E-state index contributed by atoms with van der Waals surface area (Å²) in [5.41, 5.74) is -0.635. The van der Waals surface area contributed by atoms with E-state index in [0.29, 0.717) is 18.2 Å². The number of carbonyl (C=O) groups excluding carboxylic acids is 1. The summed E-state index contributed by atoms with van der Waals surface area (Å²) in [5.74, 6) is -1.54. The molecule has 3 rings (SSSR count). The lowest BCUT2D eigenvalue weighted by molar-refractivity contribution is -0.137. The van der Waals surface area contributed by atoms with Gasteiger partial charge in [0.2, 0.25) is 0 Å². The van der Waals surface area contributed by atoms with Crippen LogP contribution in [0.3, 0.4) is 0 Å². The third-order valence-corrected chi connectivity index (χ3v) is 5.29. The van der Waals surface area contributed by atoms with Crippen LogP contribution in [0.2, 0.25) is 0 Å². The van der Waals surface area contributed by atoms with Gasteiger partial charge in [-0.1, -0.05) is 17.4 Å². The van der Waals surface area contributed by atoms with Gasteiger partial charge in [0.1, 0.15) is 4.88 Å². The molecule has 1 fully saturated rings. The number of hydrogen-bond acceptors (Lipinski definition) is 3. The van der Waals surface area contributed by atoms with E-state index >= 15 is 0 Å². The normalized spacial score (nSPS) is 15.3. The van der Waals surface area contributed by atoms with Gasteiger partial charge in [-0.2, -0.15) is 18.2 Å². The van der Waals surface area contributed by atoms with E-state index in [1.807, 2.05) is 0 Å². The molecule has 0 radical (unpaired) electrons. The molecule has 138 valence electrons. The molecular formula is C17H15F3N2O3S. The Morgan fingerprint density at radius 3 is 2.62 bits per heavy atom. The van der Waals surface area contributed by atoms with Crippen LogP contribution in [0.5, 0.6) is 0 Å². The van der Waals surface area contributed by atoms with E-state index < -0.39 is 23.6 Å². The summed E-state index contributed by atoms with van der Waals surface area (Å²) < 4.78 is 40.1. The summed E-state index contributed by atoms with van der Waals surface area (Å²) in [6.07, 6.45) is -2.52. The molecule has 1 heterocycles. The van der Waals surface area contributed by atoms with E-state index in [1.54, 1.807) is 11.5 Å². The Morgan fingerprint density at radius 1 is 1.35 bits per heavy atom. The molecule has 1 amide bonds. The van der Waals surface area contributed by atoms with Crippen LogP contribution in [-0.4, -0.2) is 21.6 Å². The molecule has 1 saturated carbocycles. The molecule has 0 spiro atoms. The maximum Gasteiger partial charge on any atom is 0.416 e. The van der Waals surface area contributed by atoms with Crippen LogP contribution in [0, 0.1) is 12.8 Å². The van der Waals surface area contributed by atoms with Crippen LogP contribution >= 0.6 is 11.3 Å². The van der Waals surface area contributed by atoms with Crippen molar-refractivity contribution < 1.29 is 27.9 Å². The van der Waals surface area contributed by atoms with Crippen molar-refractivity contribution in [2.24, 2.45) is 10.9 Å². The largest absolute Gasteiger partial charge is 0.477 e. The first-order valence-corrected chi connectivity index (χ1v) is 8.68. The number of alkyl halides is 3. The number of aromatic nitrogens is 1. The van der Waals surface area contributed by atoms with Crippen LogP contribution in [-0.2, 0) is 12.7 Å². The molecule has 0 atom stereocenters. The van der Waals surface area contributed by atoms with Gasteiger partial charge in [0.25, 0.3) is 5.91 Å². The Bertz CT molecular complexity index is 939. The van der Waals surface area contributed by atoms with Crippen molar-refractivity contribution in [3.05, 3.63) is 50.8 Å². The minimum Gasteiger partial charge on any atom is -0.477 e. The molecular weight excluding hydrogens is 369 g/mol. The molecule has 9 heteroatoms. The van der Waals surface area contributed by atoms with Crippen molar-refractivity contribution in [1.82, 2.24) is 4.57 Å². The van der Waals surface area contributed by atoms with Crippen molar-refractivity contribution >= 4 is 23.2 Å². The second-order valence-corrected chi connectivity index (χ2v) is 7.13. The number of amides is 1. The van der Waals surface area contributed by atoms with Gasteiger partial charge < -0.3 is 9.67 Å². The topological polar surface area (TPSA) is 71.7 Å². The number of halogens is 3. The van der Waals surface area contributed by atoms with Crippen molar-refractivity contribution in [2.45, 2.75) is 32.5 Å². The smallest absolute Gasteiger partial charge is 0.416 e. The minimum absolute atomic E-state index is 0.0706. The van der Waals surface area contributed by atoms with Gasteiger partial charge in [0, 0.05) is 17.8 Å². The maximum atomic E-state index is 12.8. The van der Waals surface area contributed by atoms with Gasteiger partial charge in [0.05, 0.1) is 5.56 Å². The summed E-state index contributed by atoms with van der Waals surface area (Å²) in [6.45, 7) is 2.18. The van der Waals surface area contributed by atoms with Gasteiger partial charge in [-0.15, -0.1) is 0 Å². The summed E-state index contributed by atoms with van der Waals surface area (Å²) >= 11 is 0.850. The van der Waals surface area contributed by atoms with Gasteiger partial charge >= 0.3 is 12.1 Å². The van der Waals surface area contributed by atoms with Crippen LogP contribution in [0.25, 0.3) is 0 Å². The van der Waals surface area contributed by atoms with E-state index in [0.717, 1.165) is 42.4 Å². The van der Waals surface area contributed by atoms with E-state index in [-0.39, 0.29) is 15.2 Å². The standard InChI is InChI=1S/C17H15F3N2O3S/c1-9-13(15(24)25)26-16(22(9)8-10-5-6-10)21-14(23)11-3-2-4-12(7-11)17(18,19)20/h2-4,7,10H,5-6,8H2,1H3,(H,24,25)/b21-16-. The van der Waals surface area contributed by atoms with Crippen molar-refractivity contribution in [2.75, 3.05) is 0 Å². The summed E-state index contributed by atoms with van der Waals surface area (Å²) in [4.78, 5) is 27.9. The predicted octanol–water partition coefficient (Wildman–Crippen LogP) is 3.73. The lowest BCUT2D eigenvalue weighted by atomic mass is 10.1. The number of rotatable bonds is 4.